The minimum Gasteiger partial charge on any atom is -0.495 e. The Morgan fingerprint density at radius 2 is 1.93 bits per heavy atom. The van der Waals surface area contributed by atoms with Crippen LogP contribution in [-0.2, 0) is 14.8 Å². The molecule has 9 nitrogen and oxygen atoms in total. The number of rotatable bonds is 8. The van der Waals surface area contributed by atoms with Crippen molar-refractivity contribution in [1.29, 1.82) is 0 Å². The minimum atomic E-state index is -3.93. The Labute approximate surface area is 169 Å². The molecule has 0 fully saturated rings. The minimum absolute atomic E-state index is 0.0868. The predicted octanol–water partition coefficient (Wildman–Crippen LogP) is 3.10. The van der Waals surface area contributed by atoms with Gasteiger partial charge in [0, 0.05) is 12.1 Å². The number of nitro benzene ring substituents is 1. The van der Waals surface area contributed by atoms with Gasteiger partial charge in [-0.1, -0.05) is 25.1 Å². The van der Waals surface area contributed by atoms with E-state index in [0.717, 1.165) is 16.6 Å². The lowest BCUT2D eigenvalue weighted by Crippen LogP contribution is -2.47. The fraction of sp³-hybridized carbons (Fsp3) is 0.316. The van der Waals surface area contributed by atoms with Crippen LogP contribution in [0.4, 0.5) is 17.1 Å². The van der Waals surface area contributed by atoms with Crippen molar-refractivity contribution in [3.05, 3.63) is 58.1 Å². The molecule has 2 aromatic rings. The first-order valence-electron chi connectivity index (χ1n) is 8.78. The van der Waals surface area contributed by atoms with Crippen LogP contribution >= 0.6 is 0 Å². The number of methoxy groups -OCH3 is 1. The highest BCUT2D eigenvalue weighted by Crippen LogP contribution is 2.31. The number of carbonyl (C=O) groups is 1. The van der Waals surface area contributed by atoms with Gasteiger partial charge in [0.15, 0.2) is 0 Å². The summed E-state index contributed by atoms with van der Waals surface area (Å²) in [7, 11) is -2.47. The van der Waals surface area contributed by atoms with Crippen molar-refractivity contribution in [3.63, 3.8) is 0 Å². The highest BCUT2D eigenvalue weighted by molar-refractivity contribution is 7.92. The monoisotopic (exact) mass is 421 g/mol. The third-order valence-electron chi connectivity index (χ3n) is 4.34. The van der Waals surface area contributed by atoms with E-state index in [9.17, 15) is 23.3 Å². The van der Waals surface area contributed by atoms with Crippen molar-refractivity contribution in [2.24, 2.45) is 0 Å². The summed E-state index contributed by atoms with van der Waals surface area (Å²) >= 11 is 0. The number of hydrogen-bond acceptors (Lipinski definition) is 6. The van der Waals surface area contributed by atoms with E-state index in [-0.39, 0.29) is 17.8 Å². The molecule has 29 heavy (non-hydrogen) atoms. The Hall–Kier alpha value is -3.14. The van der Waals surface area contributed by atoms with Gasteiger partial charge in [-0.2, -0.15) is 0 Å². The molecular formula is C19H23N3O6S. The van der Waals surface area contributed by atoms with E-state index >= 15 is 0 Å². The summed E-state index contributed by atoms with van der Waals surface area (Å²) in [5.41, 5.74) is 0.704. The Balaban J connectivity index is 2.52. The number of sulfonamides is 1. The normalized spacial score (nSPS) is 12.1. The van der Waals surface area contributed by atoms with Gasteiger partial charge < -0.3 is 10.1 Å². The van der Waals surface area contributed by atoms with Gasteiger partial charge in [0.05, 0.1) is 29.7 Å². The number of nitro groups is 1. The van der Waals surface area contributed by atoms with Gasteiger partial charge in [0.25, 0.3) is 5.69 Å². The third-order valence-corrected chi connectivity index (χ3v) is 5.50. The second-order valence-electron chi connectivity index (χ2n) is 6.40. The van der Waals surface area contributed by atoms with E-state index in [4.69, 9.17) is 4.74 Å². The van der Waals surface area contributed by atoms with Gasteiger partial charge in [-0.15, -0.1) is 0 Å². The molecule has 2 rings (SSSR count). The van der Waals surface area contributed by atoms with E-state index in [1.807, 2.05) is 0 Å². The van der Waals surface area contributed by atoms with Crippen molar-refractivity contribution in [2.75, 3.05) is 23.0 Å². The van der Waals surface area contributed by atoms with Crippen molar-refractivity contribution in [3.8, 4) is 5.75 Å². The van der Waals surface area contributed by atoms with E-state index < -0.39 is 26.9 Å². The number of aryl methyl sites for hydroxylation is 1. The van der Waals surface area contributed by atoms with Crippen LogP contribution in [0.1, 0.15) is 18.9 Å². The van der Waals surface area contributed by atoms with Crippen LogP contribution in [0.3, 0.4) is 0 Å². The first kappa shape index (κ1) is 22.2. The zero-order chi connectivity index (χ0) is 21.8. The zero-order valence-corrected chi connectivity index (χ0v) is 17.4. The lowest BCUT2D eigenvalue weighted by molar-refractivity contribution is -0.384. The van der Waals surface area contributed by atoms with Crippen LogP contribution in [0.15, 0.2) is 42.5 Å². The number of carbonyl (C=O) groups excluding carboxylic acids is 1. The molecule has 0 aliphatic heterocycles. The van der Waals surface area contributed by atoms with Crippen LogP contribution in [0, 0.1) is 17.0 Å². The van der Waals surface area contributed by atoms with E-state index in [1.54, 1.807) is 38.1 Å². The zero-order valence-electron chi connectivity index (χ0n) is 16.6. The lowest BCUT2D eigenvalue weighted by atomic mass is 10.1. The number of anilines is 2. The van der Waals surface area contributed by atoms with Crippen LogP contribution in [0.2, 0.25) is 0 Å². The van der Waals surface area contributed by atoms with Crippen LogP contribution in [0.5, 0.6) is 5.75 Å². The summed E-state index contributed by atoms with van der Waals surface area (Å²) in [6.45, 7) is 3.29. The highest BCUT2D eigenvalue weighted by Gasteiger charge is 2.33. The molecule has 1 amide bonds. The van der Waals surface area contributed by atoms with Gasteiger partial charge in [0.1, 0.15) is 11.8 Å². The maximum atomic E-state index is 13.0. The first-order chi connectivity index (χ1) is 13.6. The Bertz CT molecular complexity index is 1020. The Kier molecular flexibility index (Phi) is 6.80. The van der Waals surface area contributed by atoms with Gasteiger partial charge in [-0.3, -0.25) is 19.2 Å². The van der Waals surface area contributed by atoms with Gasteiger partial charge in [-0.05, 0) is 31.0 Å². The molecule has 156 valence electrons. The molecule has 0 aromatic heterocycles. The molecule has 1 N–H and O–H groups in total. The molecule has 0 aliphatic carbocycles. The number of para-hydroxylation sites is 2. The maximum Gasteiger partial charge on any atom is 0.271 e. The summed E-state index contributed by atoms with van der Waals surface area (Å²) < 4.78 is 31.3. The summed E-state index contributed by atoms with van der Waals surface area (Å²) in [4.78, 5) is 23.6. The van der Waals surface area contributed by atoms with Crippen LogP contribution < -0.4 is 14.4 Å². The third kappa shape index (κ3) is 5.02. The fourth-order valence-corrected chi connectivity index (χ4v) is 4.21. The molecular weight excluding hydrogens is 398 g/mol. The molecule has 2 aromatic carbocycles. The van der Waals surface area contributed by atoms with E-state index in [1.165, 1.54) is 19.2 Å². The number of nitrogens with one attached hydrogen (secondary N) is 1. The van der Waals surface area contributed by atoms with E-state index in [0.29, 0.717) is 17.0 Å². The SMILES string of the molecule is CC[C@H](C(=O)Nc1ccccc1OC)N(c1cc([N+](=O)[O-])ccc1C)S(C)(=O)=O. The Morgan fingerprint density at radius 3 is 2.48 bits per heavy atom. The predicted molar refractivity (Wildman–Crippen MR) is 111 cm³/mol. The molecule has 0 unspecified atom stereocenters. The first-order valence-corrected chi connectivity index (χ1v) is 10.6. The average molecular weight is 421 g/mol. The number of ether oxygens (including phenoxy) is 1. The molecule has 0 heterocycles. The van der Waals surface area contributed by atoms with E-state index in [2.05, 4.69) is 5.32 Å². The molecule has 0 saturated heterocycles. The Morgan fingerprint density at radius 1 is 1.28 bits per heavy atom. The number of benzene rings is 2. The summed E-state index contributed by atoms with van der Waals surface area (Å²) in [5, 5.41) is 13.9. The van der Waals surface area contributed by atoms with Crippen molar-refractivity contribution < 1.29 is 22.9 Å². The second-order valence-corrected chi connectivity index (χ2v) is 8.26. The highest BCUT2D eigenvalue weighted by atomic mass is 32.2. The molecule has 0 aliphatic rings. The van der Waals surface area contributed by atoms with Gasteiger partial charge >= 0.3 is 0 Å². The van der Waals surface area contributed by atoms with Crippen molar-refractivity contribution >= 4 is 33.0 Å². The lowest BCUT2D eigenvalue weighted by Gasteiger charge is -2.31. The second kappa shape index (κ2) is 8.91. The standard InChI is InChI=1S/C19H23N3O6S/c1-5-16(19(23)20-15-8-6-7-9-18(15)28-3)21(29(4,26)27)17-12-14(22(24)25)11-10-13(17)2/h6-12,16H,5H2,1-4H3,(H,20,23)/t16-/m1/s1. The van der Waals surface area contributed by atoms with Crippen molar-refractivity contribution in [2.45, 2.75) is 26.3 Å². The van der Waals surface area contributed by atoms with Crippen molar-refractivity contribution in [1.82, 2.24) is 0 Å². The number of hydrogen-bond donors (Lipinski definition) is 1. The van der Waals surface area contributed by atoms with Gasteiger partial charge in [0.2, 0.25) is 15.9 Å². The molecule has 10 heteroatoms. The van der Waals surface area contributed by atoms with Crippen LogP contribution in [0.25, 0.3) is 0 Å². The molecule has 1 atom stereocenters. The summed E-state index contributed by atoms with van der Waals surface area (Å²) in [6, 6.07) is 9.53. The van der Waals surface area contributed by atoms with Gasteiger partial charge in [-0.25, -0.2) is 8.42 Å². The smallest absolute Gasteiger partial charge is 0.271 e. The number of nitrogens with zero attached hydrogens (tertiary/aromatic N) is 2. The van der Waals surface area contributed by atoms with Crippen LogP contribution in [-0.4, -0.2) is 38.7 Å². The quantitative estimate of drug-likeness (QED) is 0.517. The molecule has 0 bridgehead atoms. The topological polar surface area (TPSA) is 119 Å². The summed E-state index contributed by atoms with van der Waals surface area (Å²) in [5.74, 6) is -0.151. The largest absolute Gasteiger partial charge is 0.495 e. The maximum absolute atomic E-state index is 13.0. The molecule has 0 spiro atoms. The summed E-state index contributed by atoms with van der Waals surface area (Å²) in [6.07, 6.45) is 1.11. The number of amides is 1. The molecule has 0 radical (unpaired) electrons. The average Bonchev–Trinajstić information content (AvgIpc) is 2.66. The fourth-order valence-electron chi connectivity index (χ4n) is 2.95. The molecule has 0 saturated carbocycles. The number of non-ortho nitro benzene ring substituents is 1.